The summed E-state index contributed by atoms with van der Waals surface area (Å²) in [5.74, 6) is 1.19. The molecule has 0 spiro atoms. The molecule has 2 heterocycles. The molecule has 19 heavy (non-hydrogen) atoms. The van der Waals surface area contributed by atoms with E-state index in [-0.39, 0.29) is 7.25 Å². The van der Waals surface area contributed by atoms with Gasteiger partial charge in [-0.15, -0.1) is 0 Å². The van der Waals surface area contributed by atoms with Crippen LogP contribution in [0.3, 0.4) is 0 Å². The number of nitrogens with one attached hydrogen (secondary N) is 1. The van der Waals surface area contributed by atoms with Gasteiger partial charge < -0.3 is 5.32 Å². The molecule has 0 fully saturated rings. The van der Waals surface area contributed by atoms with Crippen molar-refractivity contribution in [3.05, 3.63) is 46.6 Å². The predicted octanol–water partition coefficient (Wildman–Crippen LogP) is 2.43. The number of aromatic nitrogens is 2. The Kier molecular flexibility index (Phi) is 2.99. The van der Waals surface area contributed by atoms with Gasteiger partial charge in [-0.25, -0.2) is 14.4 Å². The lowest BCUT2D eigenvalue weighted by atomic mass is 10.1. The fourth-order valence-electron chi connectivity index (χ4n) is 2.13. The summed E-state index contributed by atoms with van der Waals surface area (Å²) in [7, 11) is 0. The van der Waals surface area contributed by atoms with Crippen molar-refractivity contribution in [2.45, 2.75) is 19.8 Å². The second-order valence-corrected chi connectivity index (χ2v) is 4.63. The quantitative estimate of drug-likeness (QED) is 0.898. The van der Waals surface area contributed by atoms with Crippen LogP contribution in [0.25, 0.3) is 11.9 Å². The molecular weight excluding hydrogens is 241 g/mol. The Morgan fingerprint density at radius 2 is 2.16 bits per heavy atom. The first-order valence-corrected chi connectivity index (χ1v) is 6.28. The largest absolute Gasteiger partial charge is 0.325 e. The van der Waals surface area contributed by atoms with Crippen LogP contribution in [0.5, 0.6) is 0 Å². The van der Waals surface area contributed by atoms with Crippen LogP contribution in [-0.2, 0) is 0 Å². The molecule has 0 atom stereocenters. The summed E-state index contributed by atoms with van der Waals surface area (Å²) in [6.07, 6.45) is 4.93. The zero-order valence-electron chi connectivity index (χ0n) is 10.7. The van der Waals surface area contributed by atoms with Crippen molar-refractivity contribution in [2.75, 3.05) is 5.32 Å². The highest BCUT2D eigenvalue weighted by atomic mass is 19.1. The number of rotatable bonds is 2. The summed E-state index contributed by atoms with van der Waals surface area (Å²) in [5.41, 5.74) is 1.11. The predicted molar refractivity (Wildman–Crippen MR) is 76.1 cm³/mol. The summed E-state index contributed by atoms with van der Waals surface area (Å²) in [4.78, 5) is 8.53. The van der Waals surface area contributed by atoms with Gasteiger partial charge in [0.05, 0.1) is 0 Å². The Balaban J connectivity index is 0.00000147. The number of hydrogen-bond acceptors (Lipinski definition) is 3. The minimum absolute atomic E-state index is 0. The highest BCUT2D eigenvalue weighted by Gasteiger charge is 2.06. The molecule has 0 saturated heterocycles. The number of pyridine rings is 2. The highest BCUT2D eigenvalue weighted by molar-refractivity contribution is 5.53. The Morgan fingerprint density at radius 3 is 3.00 bits per heavy atom. The molecule has 0 unspecified atom stereocenters. The number of hydrogen-bond donors (Lipinski definition) is 1. The maximum Gasteiger partial charge on any atom is 0.132 e. The Labute approximate surface area is 112 Å². The average Bonchev–Trinajstić information content (AvgIpc) is 2.40. The monoisotopic (exact) mass is 257 g/mol. The van der Waals surface area contributed by atoms with Gasteiger partial charge in [0.25, 0.3) is 0 Å². The van der Waals surface area contributed by atoms with E-state index in [1.54, 1.807) is 6.20 Å². The Hall–Kier alpha value is -2.23. The van der Waals surface area contributed by atoms with Gasteiger partial charge in [-0.3, -0.25) is 0 Å². The standard InChI is InChI=1S/C15H14FN3.H2/c1-10-7-8-17-14(9-10)18-13-6-5-11-3-2-4-12(16)15(11)19-13;/h3,5-9H,2,4H2,1H3,(H,17,18,19);1H. The number of aryl methyl sites for hydroxylation is 1. The minimum atomic E-state index is -0.140. The van der Waals surface area contributed by atoms with E-state index in [0.29, 0.717) is 23.4 Å². The van der Waals surface area contributed by atoms with Crippen LogP contribution in [0.1, 0.15) is 19.8 Å². The fraction of sp³-hybridized carbons (Fsp3) is 0.200. The molecule has 1 aliphatic carbocycles. The normalized spacial score (nSPS) is 13.7. The lowest BCUT2D eigenvalue weighted by Crippen LogP contribution is -2.32. The number of halogens is 1. The summed E-state index contributed by atoms with van der Waals surface area (Å²) in [6.45, 7) is 2.00. The van der Waals surface area contributed by atoms with Crippen molar-refractivity contribution in [1.29, 1.82) is 0 Å². The molecule has 3 nitrogen and oxygen atoms in total. The molecule has 3 rings (SSSR count). The van der Waals surface area contributed by atoms with Crippen molar-refractivity contribution in [1.82, 2.24) is 9.97 Å². The molecule has 1 aliphatic rings. The SMILES string of the molecule is Cc1ccnc(Nc2ccc3c(n2)=C(F)CCC=3)c1.[HH]. The van der Waals surface area contributed by atoms with Crippen molar-refractivity contribution in [3.63, 3.8) is 0 Å². The van der Waals surface area contributed by atoms with E-state index in [9.17, 15) is 4.39 Å². The van der Waals surface area contributed by atoms with E-state index in [1.807, 2.05) is 37.3 Å². The van der Waals surface area contributed by atoms with E-state index in [0.717, 1.165) is 17.2 Å². The molecule has 2 aromatic heterocycles. The first-order valence-electron chi connectivity index (χ1n) is 6.28. The number of fused-ring (bicyclic) bond motifs is 1. The summed E-state index contributed by atoms with van der Waals surface area (Å²) < 4.78 is 13.8. The summed E-state index contributed by atoms with van der Waals surface area (Å²) >= 11 is 0. The maximum atomic E-state index is 13.8. The van der Waals surface area contributed by atoms with Crippen LogP contribution in [0.2, 0.25) is 0 Å². The third kappa shape index (κ3) is 2.47. The molecule has 2 aromatic rings. The van der Waals surface area contributed by atoms with Gasteiger partial charge in [-0.1, -0.05) is 6.08 Å². The molecule has 0 amide bonds. The van der Waals surface area contributed by atoms with Gasteiger partial charge in [0.2, 0.25) is 0 Å². The van der Waals surface area contributed by atoms with Gasteiger partial charge in [0, 0.05) is 14.0 Å². The van der Waals surface area contributed by atoms with Crippen LogP contribution < -0.4 is 15.9 Å². The van der Waals surface area contributed by atoms with Gasteiger partial charge >= 0.3 is 0 Å². The van der Waals surface area contributed by atoms with Crippen LogP contribution in [0, 0.1) is 6.92 Å². The minimum Gasteiger partial charge on any atom is -0.325 e. The zero-order valence-corrected chi connectivity index (χ0v) is 10.7. The molecule has 0 aliphatic heterocycles. The van der Waals surface area contributed by atoms with Crippen molar-refractivity contribution in [2.24, 2.45) is 0 Å². The van der Waals surface area contributed by atoms with Crippen LogP contribution in [0.15, 0.2) is 30.5 Å². The maximum absolute atomic E-state index is 13.8. The Morgan fingerprint density at radius 1 is 1.26 bits per heavy atom. The van der Waals surface area contributed by atoms with Crippen molar-refractivity contribution >= 4 is 23.5 Å². The third-order valence-electron chi connectivity index (χ3n) is 3.08. The topological polar surface area (TPSA) is 37.8 Å². The van der Waals surface area contributed by atoms with Gasteiger partial charge in [-0.05, 0) is 48.4 Å². The Bertz CT molecular complexity index is 743. The van der Waals surface area contributed by atoms with E-state index in [2.05, 4.69) is 15.3 Å². The number of anilines is 2. The summed E-state index contributed by atoms with van der Waals surface area (Å²) in [6, 6.07) is 7.58. The van der Waals surface area contributed by atoms with E-state index >= 15 is 0 Å². The molecule has 0 saturated carbocycles. The average molecular weight is 257 g/mol. The lowest BCUT2D eigenvalue weighted by molar-refractivity contribution is 0.690. The molecule has 0 bridgehead atoms. The lowest BCUT2D eigenvalue weighted by Gasteiger charge is -2.07. The second kappa shape index (κ2) is 4.80. The molecule has 1 N–H and O–H groups in total. The van der Waals surface area contributed by atoms with Crippen LogP contribution in [0.4, 0.5) is 16.0 Å². The van der Waals surface area contributed by atoms with Crippen LogP contribution in [-0.4, -0.2) is 9.97 Å². The molecule has 0 radical (unpaired) electrons. The van der Waals surface area contributed by atoms with Crippen LogP contribution >= 0.6 is 0 Å². The molecule has 98 valence electrons. The molecular formula is C15H16FN3. The second-order valence-electron chi connectivity index (χ2n) is 4.63. The molecule has 0 aromatic carbocycles. The van der Waals surface area contributed by atoms with Crippen molar-refractivity contribution in [3.8, 4) is 0 Å². The zero-order chi connectivity index (χ0) is 13.2. The van der Waals surface area contributed by atoms with Gasteiger partial charge in [0.15, 0.2) is 0 Å². The van der Waals surface area contributed by atoms with Gasteiger partial charge in [-0.2, -0.15) is 0 Å². The first kappa shape index (κ1) is 11.8. The first-order chi connectivity index (χ1) is 9.22. The molecule has 4 heteroatoms. The van der Waals surface area contributed by atoms with E-state index < -0.39 is 0 Å². The smallest absolute Gasteiger partial charge is 0.132 e. The van der Waals surface area contributed by atoms with E-state index in [1.165, 1.54) is 0 Å². The van der Waals surface area contributed by atoms with E-state index in [4.69, 9.17) is 0 Å². The third-order valence-corrected chi connectivity index (χ3v) is 3.08. The van der Waals surface area contributed by atoms with Crippen molar-refractivity contribution < 1.29 is 5.82 Å². The highest BCUT2D eigenvalue weighted by Crippen LogP contribution is 2.12. The number of nitrogens with zero attached hydrogens (tertiary/aromatic N) is 2. The summed E-state index contributed by atoms with van der Waals surface area (Å²) in [5, 5.41) is 4.41. The van der Waals surface area contributed by atoms with Gasteiger partial charge in [0.1, 0.15) is 22.8 Å². The fourth-order valence-corrected chi connectivity index (χ4v) is 2.13.